The van der Waals surface area contributed by atoms with Crippen LogP contribution in [0.25, 0.3) is 11.3 Å². The van der Waals surface area contributed by atoms with Crippen LogP contribution in [0.4, 0.5) is 0 Å². The molecule has 20 heavy (non-hydrogen) atoms. The Hall–Kier alpha value is -1.94. The van der Waals surface area contributed by atoms with Gasteiger partial charge in [-0.25, -0.2) is 0 Å². The van der Waals surface area contributed by atoms with Crippen LogP contribution in [0.2, 0.25) is 0 Å². The molecule has 1 aromatic heterocycles. The highest BCUT2D eigenvalue weighted by atomic mass is 31.2. The van der Waals surface area contributed by atoms with E-state index in [0.29, 0.717) is 5.69 Å². The molecule has 0 radical (unpaired) electrons. The van der Waals surface area contributed by atoms with E-state index in [-0.39, 0.29) is 17.9 Å². The van der Waals surface area contributed by atoms with E-state index >= 15 is 0 Å². The van der Waals surface area contributed by atoms with E-state index in [2.05, 4.69) is 15.4 Å². The van der Waals surface area contributed by atoms with Gasteiger partial charge in [0.1, 0.15) is 12.8 Å². The molecule has 0 aliphatic rings. The molecule has 1 N–H and O–H groups in total. The maximum Gasteiger partial charge on any atom is 0.276 e. The van der Waals surface area contributed by atoms with Crippen LogP contribution in [0.1, 0.15) is 10.5 Å². The van der Waals surface area contributed by atoms with Crippen molar-refractivity contribution in [1.82, 2.24) is 20.3 Å². The lowest BCUT2D eigenvalue weighted by Crippen LogP contribution is -2.28. The molecule has 0 saturated heterocycles. The average Bonchev–Trinajstić information content (AvgIpc) is 2.86. The number of benzene rings is 1. The number of aromatic amines is 1. The topological polar surface area (TPSA) is 79.0 Å². The lowest BCUT2D eigenvalue weighted by Gasteiger charge is -2.18. The van der Waals surface area contributed by atoms with Gasteiger partial charge in [-0.1, -0.05) is 30.3 Å². The van der Waals surface area contributed by atoms with Crippen LogP contribution in [-0.4, -0.2) is 52.9 Å². The third-order valence-corrected chi connectivity index (χ3v) is 3.80. The minimum Gasteiger partial charge on any atom is -0.333 e. The number of nitrogens with one attached hydrogen (secondary N) is 1. The fourth-order valence-electron chi connectivity index (χ4n) is 1.93. The number of hydrogen-bond acceptors (Lipinski definition) is 4. The fraction of sp³-hybridized carbons (Fsp3) is 0.308. The number of amides is 1. The Bertz CT molecular complexity index is 647. The zero-order valence-corrected chi connectivity index (χ0v) is 12.6. The Labute approximate surface area is 117 Å². The molecule has 2 rings (SSSR count). The quantitative estimate of drug-likeness (QED) is 0.875. The summed E-state index contributed by atoms with van der Waals surface area (Å²) >= 11 is 0. The van der Waals surface area contributed by atoms with Gasteiger partial charge in [0.25, 0.3) is 5.91 Å². The van der Waals surface area contributed by atoms with Gasteiger partial charge < -0.3 is 9.46 Å². The number of rotatable bonds is 4. The second kappa shape index (κ2) is 5.59. The highest BCUT2D eigenvalue weighted by Gasteiger charge is 2.23. The molecule has 0 saturated carbocycles. The Balaban J connectivity index is 2.29. The minimum atomic E-state index is -2.32. The van der Waals surface area contributed by atoms with Crippen molar-refractivity contribution >= 4 is 13.0 Å². The van der Waals surface area contributed by atoms with Crippen LogP contribution in [-0.2, 0) is 4.57 Å². The van der Waals surface area contributed by atoms with Gasteiger partial charge in [-0.15, -0.1) is 0 Å². The largest absolute Gasteiger partial charge is 0.333 e. The van der Waals surface area contributed by atoms with Crippen molar-refractivity contribution < 1.29 is 9.36 Å². The monoisotopic (exact) mass is 292 g/mol. The first kappa shape index (κ1) is 14.5. The van der Waals surface area contributed by atoms with Crippen molar-refractivity contribution in [2.24, 2.45) is 0 Å². The molecule has 0 bridgehead atoms. The summed E-state index contributed by atoms with van der Waals surface area (Å²) in [6, 6.07) is 9.35. The van der Waals surface area contributed by atoms with Crippen molar-refractivity contribution in [3.8, 4) is 11.3 Å². The third-order valence-electron chi connectivity index (χ3n) is 2.70. The number of nitrogens with zero attached hydrogens (tertiary/aromatic N) is 3. The Morgan fingerprint density at radius 1 is 1.25 bits per heavy atom. The molecule has 1 aromatic carbocycles. The van der Waals surface area contributed by atoms with E-state index in [0.717, 1.165) is 5.56 Å². The molecule has 7 heteroatoms. The predicted molar refractivity (Wildman–Crippen MR) is 78.2 cm³/mol. The van der Waals surface area contributed by atoms with Gasteiger partial charge in [-0.3, -0.25) is 4.79 Å². The van der Waals surface area contributed by atoms with Crippen molar-refractivity contribution in [2.45, 2.75) is 0 Å². The average molecular weight is 292 g/mol. The van der Waals surface area contributed by atoms with Crippen LogP contribution in [0.5, 0.6) is 0 Å². The van der Waals surface area contributed by atoms with Crippen LogP contribution in [0, 0.1) is 0 Å². The molecule has 6 nitrogen and oxygen atoms in total. The molecule has 0 aliphatic heterocycles. The SMILES string of the molecule is CN(CP(C)(C)=O)C(=O)c1n[nH]nc1-c1ccccc1. The maximum atomic E-state index is 12.4. The Morgan fingerprint density at radius 2 is 1.90 bits per heavy atom. The maximum absolute atomic E-state index is 12.4. The van der Waals surface area contributed by atoms with Crippen molar-refractivity contribution in [2.75, 3.05) is 26.7 Å². The van der Waals surface area contributed by atoms with Gasteiger partial charge in [0, 0.05) is 12.6 Å². The van der Waals surface area contributed by atoms with Crippen LogP contribution in [0.15, 0.2) is 30.3 Å². The molecule has 0 unspecified atom stereocenters. The highest BCUT2D eigenvalue weighted by Crippen LogP contribution is 2.36. The summed E-state index contributed by atoms with van der Waals surface area (Å²) in [5.41, 5.74) is 1.56. The summed E-state index contributed by atoms with van der Waals surface area (Å²) in [4.78, 5) is 13.8. The molecule has 106 valence electrons. The summed E-state index contributed by atoms with van der Waals surface area (Å²) < 4.78 is 11.8. The standard InChI is InChI=1S/C13H17N4O2P/c1-17(9-20(2,3)19)13(18)12-11(14-16-15-12)10-7-5-4-6-8-10/h4-8H,9H2,1-3H3,(H,14,15,16). The lowest BCUT2D eigenvalue weighted by molar-refractivity contribution is 0.0812. The minimum absolute atomic E-state index is 0.215. The number of H-pyrrole nitrogens is 1. The van der Waals surface area contributed by atoms with Gasteiger partial charge in [-0.05, 0) is 13.3 Å². The van der Waals surface area contributed by atoms with E-state index in [4.69, 9.17) is 0 Å². The van der Waals surface area contributed by atoms with Crippen molar-refractivity contribution in [3.05, 3.63) is 36.0 Å². The predicted octanol–water partition coefficient (Wildman–Crippen LogP) is 2.12. The molecule has 0 atom stereocenters. The van der Waals surface area contributed by atoms with Crippen LogP contribution >= 0.6 is 7.14 Å². The Morgan fingerprint density at radius 3 is 2.50 bits per heavy atom. The fourth-order valence-corrected chi connectivity index (χ4v) is 3.08. The Kier molecular flexibility index (Phi) is 4.04. The van der Waals surface area contributed by atoms with Gasteiger partial charge in [0.05, 0.1) is 6.29 Å². The zero-order valence-electron chi connectivity index (χ0n) is 11.7. The normalized spacial score (nSPS) is 11.3. The van der Waals surface area contributed by atoms with Crippen molar-refractivity contribution in [3.63, 3.8) is 0 Å². The van der Waals surface area contributed by atoms with E-state index < -0.39 is 7.14 Å². The highest BCUT2D eigenvalue weighted by molar-refractivity contribution is 7.62. The molecule has 0 spiro atoms. The van der Waals surface area contributed by atoms with E-state index in [9.17, 15) is 9.36 Å². The molecular formula is C13H17N4O2P. The summed E-state index contributed by atoms with van der Waals surface area (Å²) in [6.45, 7) is 3.30. The van der Waals surface area contributed by atoms with E-state index in [1.54, 1.807) is 20.4 Å². The number of carbonyl (C=O) groups is 1. The van der Waals surface area contributed by atoms with Crippen LogP contribution in [0.3, 0.4) is 0 Å². The number of hydrogen-bond donors (Lipinski definition) is 1. The summed E-state index contributed by atoms with van der Waals surface area (Å²) in [5, 5.41) is 10.4. The third kappa shape index (κ3) is 3.33. The zero-order chi connectivity index (χ0) is 14.8. The number of aromatic nitrogens is 3. The van der Waals surface area contributed by atoms with Gasteiger partial charge in [-0.2, -0.15) is 15.4 Å². The molecular weight excluding hydrogens is 275 g/mol. The smallest absolute Gasteiger partial charge is 0.276 e. The number of carbonyl (C=O) groups excluding carboxylic acids is 1. The first-order chi connectivity index (χ1) is 9.38. The lowest BCUT2D eigenvalue weighted by atomic mass is 10.1. The molecule has 2 aromatic rings. The summed E-state index contributed by atoms with van der Waals surface area (Å²) in [5.74, 6) is -0.290. The second-order valence-electron chi connectivity index (χ2n) is 5.11. The van der Waals surface area contributed by atoms with E-state index in [1.165, 1.54) is 4.90 Å². The first-order valence-electron chi connectivity index (χ1n) is 6.14. The summed E-state index contributed by atoms with van der Waals surface area (Å²) in [6.07, 6.45) is 0.215. The van der Waals surface area contributed by atoms with Gasteiger partial charge in [0.15, 0.2) is 5.69 Å². The van der Waals surface area contributed by atoms with E-state index in [1.807, 2.05) is 30.3 Å². The molecule has 1 amide bonds. The summed E-state index contributed by atoms with van der Waals surface area (Å²) in [7, 11) is -0.701. The van der Waals surface area contributed by atoms with Gasteiger partial charge >= 0.3 is 0 Å². The van der Waals surface area contributed by atoms with Crippen LogP contribution < -0.4 is 0 Å². The molecule has 0 aliphatic carbocycles. The second-order valence-corrected chi connectivity index (χ2v) is 8.54. The first-order valence-corrected chi connectivity index (χ1v) is 8.93. The molecule has 0 fully saturated rings. The molecule has 1 heterocycles. The van der Waals surface area contributed by atoms with Gasteiger partial charge in [0.2, 0.25) is 0 Å². The van der Waals surface area contributed by atoms with Crippen molar-refractivity contribution in [1.29, 1.82) is 0 Å².